The first-order valence-corrected chi connectivity index (χ1v) is 10.6. The molecule has 0 radical (unpaired) electrons. The Labute approximate surface area is 190 Å². The SMILES string of the molecule is CCOc1ccc2ccccc2c1C(=O)Nc1cc(-c2cn3cccnc3n2)ccc1OC. The number of methoxy groups -OCH3 is 1. The second-order valence-corrected chi connectivity index (χ2v) is 7.42. The van der Waals surface area contributed by atoms with Gasteiger partial charge >= 0.3 is 0 Å². The Balaban J connectivity index is 1.56. The van der Waals surface area contributed by atoms with Crippen LogP contribution in [0.3, 0.4) is 0 Å². The minimum absolute atomic E-state index is 0.276. The zero-order valence-corrected chi connectivity index (χ0v) is 18.3. The number of hydrogen-bond donors (Lipinski definition) is 1. The van der Waals surface area contributed by atoms with Gasteiger partial charge in [-0.2, -0.15) is 0 Å². The fraction of sp³-hybridized carbons (Fsp3) is 0.115. The highest BCUT2D eigenvalue weighted by Gasteiger charge is 2.19. The average Bonchev–Trinajstić information content (AvgIpc) is 3.28. The summed E-state index contributed by atoms with van der Waals surface area (Å²) in [5.41, 5.74) is 2.60. The molecule has 0 bridgehead atoms. The Bertz CT molecular complexity index is 1440. The smallest absolute Gasteiger partial charge is 0.260 e. The first kappa shape index (κ1) is 20.5. The molecule has 1 amide bonds. The standard InChI is InChI=1S/C26H22N4O3/c1-3-33-23-12-9-17-7-4-5-8-19(17)24(23)25(31)28-20-15-18(10-11-22(20)32-2)21-16-30-14-6-13-27-26(30)29-21/h4-16H,3H2,1-2H3,(H,28,31). The summed E-state index contributed by atoms with van der Waals surface area (Å²) in [4.78, 5) is 22.3. The molecule has 0 aliphatic carbocycles. The first-order valence-electron chi connectivity index (χ1n) is 10.6. The van der Waals surface area contributed by atoms with E-state index in [1.807, 2.05) is 84.4 Å². The van der Waals surface area contributed by atoms with E-state index >= 15 is 0 Å². The molecule has 0 fully saturated rings. The van der Waals surface area contributed by atoms with Gasteiger partial charge in [-0.05, 0) is 48.0 Å². The molecule has 0 saturated heterocycles. The molecule has 3 aromatic carbocycles. The van der Waals surface area contributed by atoms with Crippen molar-refractivity contribution >= 4 is 28.1 Å². The van der Waals surface area contributed by atoms with Crippen LogP contribution in [0.1, 0.15) is 17.3 Å². The maximum atomic E-state index is 13.5. The summed E-state index contributed by atoms with van der Waals surface area (Å²) in [6, 6.07) is 18.9. The molecule has 0 atom stereocenters. The Hall–Kier alpha value is -4.39. The zero-order chi connectivity index (χ0) is 22.8. The Morgan fingerprint density at radius 3 is 2.73 bits per heavy atom. The van der Waals surface area contributed by atoms with Crippen LogP contribution < -0.4 is 14.8 Å². The molecule has 2 heterocycles. The molecule has 7 nitrogen and oxygen atoms in total. The van der Waals surface area contributed by atoms with Crippen molar-refractivity contribution in [1.82, 2.24) is 14.4 Å². The van der Waals surface area contributed by atoms with Gasteiger partial charge in [-0.3, -0.25) is 9.20 Å². The predicted molar refractivity (Wildman–Crippen MR) is 128 cm³/mol. The molecule has 0 saturated carbocycles. The van der Waals surface area contributed by atoms with E-state index in [1.54, 1.807) is 13.3 Å². The number of imidazole rings is 1. The van der Waals surface area contributed by atoms with Crippen molar-refractivity contribution in [2.24, 2.45) is 0 Å². The van der Waals surface area contributed by atoms with Gasteiger partial charge in [0.2, 0.25) is 5.78 Å². The number of aromatic nitrogens is 3. The number of nitrogens with one attached hydrogen (secondary N) is 1. The molecule has 5 aromatic rings. The molecule has 0 aliphatic heterocycles. The van der Waals surface area contributed by atoms with E-state index in [2.05, 4.69) is 15.3 Å². The number of rotatable bonds is 6. The Morgan fingerprint density at radius 1 is 1.06 bits per heavy atom. The van der Waals surface area contributed by atoms with E-state index in [-0.39, 0.29) is 5.91 Å². The van der Waals surface area contributed by atoms with Gasteiger partial charge in [0.25, 0.3) is 5.91 Å². The minimum Gasteiger partial charge on any atom is -0.495 e. The van der Waals surface area contributed by atoms with Crippen molar-refractivity contribution in [3.8, 4) is 22.8 Å². The number of amides is 1. The van der Waals surface area contributed by atoms with E-state index in [1.165, 1.54) is 0 Å². The summed E-state index contributed by atoms with van der Waals surface area (Å²) in [6.07, 6.45) is 5.49. The number of ether oxygens (including phenoxy) is 2. The predicted octanol–water partition coefficient (Wildman–Crippen LogP) is 5.21. The summed E-state index contributed by atoms with van der Waals surface area (Å²) in [5.74, 6) is 1.41. The highest BCUT2D eigenvalue weighted by atomic mass is 16.5. The van der Waals surface area contributed by atoms with Crippen LogP contribution in [0.4, 0.5) is 5.69 Å². The monoisotopic (exact) mass is 438 g/mol. The van der Waals surface area contributed by atoms with Crippen molar-refractivity contribution in [3.05, 3.63) is 84.8 Å². The summed E-state index contributed by atoms with van der Waals surface area (Å²) >= 11 is 0. The van der Waals surface area contributed by atoms with Crippen molar-refractivity contribution in [2.45, 2.75) is 6.92 Å². The zero-order valence-electron chi connectivity index (χ0n) is 18.3. The number of fused-ring (bicyclic) bond motifs is 2. The lowest BCUT2D eigenvalue weighted by molar-refractivity contribution is 0.102. The third-order valence-corrected chi connectivity index (χ3v) is 5.40. The molecule has 0 aliphatic rings. The van der Waals surface area contributed by atoms with Crippen LogP contribution in [0, 0.1) is 0 Å². The molecule has 0 spiro atoms. The molecule has 7 heteroatoms. The molecule has 0 unspecified atom stereocenters. The van der Waals surface area contributed by atoms with Gasteiger partial charge in [0.1, 0.15) is 11.5 Å². The number of anilines is 1. The maximum absolute atomic E-state index is 13.5. The van der Waals surface area contributed by atoms with E-state index in [9.17, 15) is 4.79 Å². The van der Waals surface area contributed by atoms with Crippen LogP contribution in [-0.2, 0) is 0 Å². The third-order valence-electron chi connectivity index (χ3n) is 5.40. The van der Waals surface area contributed by atoms with Crippen LogP contribution in [0.2, 0.25) is 0 Å². The third kappa shape index (κ3) is 3.85. The van der Waals surface area contributed by atoms with Crippen molar-refractivity contribution in [2.75, 3.05) is 19.0 Å². The minimum atomic E-state index is -0.276. The van der Waals surface area contributed by atoms with E-state index < -0.39 is 0 Å². The lowest BCUT2D eigenvalue weighted by Crippen LogP contribution is -2.15. The van der Waals surface area contributed by atoms with E-state index in [4.69, 9.17) is 9.47 Å². The lowest BCUT2D eigenvalue weighted by atomic mass is 10.0. The molecule has 33 heavy (non-hydrogen) atoms. The number of carbonyl (C=O) groups is 1. The molecule has 5 rings (SSSR count). The highest BCUT2D eigenvalue weighted by Crippen LogP contribution is 2.33. The second kappa shape index (κ2) is 8.63. The molecular formula is C26H22N4O3. The topological polar surface area (TPSA) is 77.8 Å². The fourth-order valence-electron chi connectivity index (χ4n) is 3.88. The van der Waals surface area contributed by atoms with Gasteiger partial charge in [-0.1, -0.05) is 30.3 Å². The van der Waals surface area contributed by atoms with Gasteiger partial charge in [0, 0.05) is 24.2 Å². The van der Waals surface area contributed by atoms with Gasteiger partial charge in [-0.25, -0.2) is 9.97 Å². The van der Waals surface area contributed by atoms with Gasteiger partial charge in [-0.15, -0.1) is 0 Å². The van der Waals surface area contributed by atoms with Crippen LogP contribution >= 0.6 is 0 Å². The first-order chi connectivity index (χ1) is 16.2. The van der Waals surface area contributed by atoms with Crippen molar-refractivity contribution in [3.63, 3.8) is 0 Å². The van der Waals surface area contributed by atoms with Crippen LogP contribution in [0.5, 0.6) is 11.5 Å². The summed E-state index contributed by atoms with van der Waals surface area (Å²) in [5, 5.41) is 4.80. The Morgan fingerprint density at radius 2 is 1.91 bits per heavy atom. The number of hydrogen-bond acceptors (Lipinski definition) is 5. The molecule has 164 valence electrons. The normalized spacial score (nSPS) is 11.0. The van der Waals surface area contributed by atoms with Crippen molar-refractivity contribution in [1.29, 1.82) is 0 Å². The summed E-state index contributed by atoms with van der Waals surface area (Å²) in [6.45, 7) is 2.35. The average molecular weight is 438 g/mol. The fourth-order valence-corrected chi connectivity index (χ4v) is 3.88. The second-order valence-electron chi connectivity index (χ2n) is 7.42. The van der Waals surface area contributed by atoms with Crippen LogP contribution in [0.15, 0.2) is 79.3 Å². The largest absolute Gasteiger partial charge is 0.495 e. The highest BCUT2D eigenvalue weighted by molar-refractivity contribution is 6.15. The number of benzene rings is 3. The van der Waals surface area contributed by atoms with Crippen LogP contribution in [0.25, 0.3) is 27.8 Å². The quantitative estimate of drug-likeness (QED) is 0.394. The lowest BCUT2D eigenvalue weighted by Gasteiger charge is -2.15. The summed E-state index contributed by atoms with van der Waals surface area (Å²) in [7, 11) is 1.57. The summed E-state index contributed by atoms with van der Waals surface area (Å²) < 4.78 is 13.1. The van der Waals surface area contributed by atoms with Gasteiger partial charge < -0.3 is 14.8 Å². The van der Waals surface area contributed by atoms with E-state index in [0.29, 0.717) is 35.1 Å². The molecular weight excluding hydrogens is 416 g/mol. The van der Waals surface area contributed by atoms with Crippen molar-refractivity contribution < 1.29 is 14.3 Å². The van der Waals surface area contributed by atoms with E-state index in [0.717, 1.165) is 22.0 Å². The van der Waals surface area contributed by atoms with Crippen LogP contribution in [-0.4, -0.2) is 34.0 Å². The van der Waals surface area contributed by atoms with Gasteiger partial charge in [0.15, 0.2) is 0 Å². The Kier molecular flexibility index (Phi) is 5.36. The molecule has 2 aromatic heterocycles. The van der Waals surface area contributed by atoms with Gasteiger partial charge in [0.05, 0.1) is 30.7 Å². The number of nitrogens with zero attached hydrogens (tertiary/aromatic N) is 3. The maximum Gasteiger partial charge on any atom is 0.260 e. The molecule has 1 N–H and O–H groups in total. The number of carbonyl (C=O) groups excluding carboxylic acids is 1.